The molecule has 1 unspecified atom stereocenters. The predicted molar refractivity (Wildman–Crippen MR) is 89.9 cm³/mol. The number of hydrogen-bond donors (Lipinski definition) is 1. The maximum absolute atomic E-state index is 6.38. The highest BCUT2D eigenvalue weighted by molar-refractivity contribution is 9.10. The van der Waals surface area contributed by atoms with Gasteiger partial charge >= 0.3 is 0 Å². The van der Waals surface area contributed by atoms with Gasteiger partial charge in [0.1, 0.15) is 0 Å². The fourth-order valence-electron chi connectivity index (χ4n) is 2.25. The molecule has 0 aliphatic heterocycles. The minimum atomic E-state index is -0.0932. The van der Waals surface area contributed by atoms with Crippen LogP contribution in [-0.4, -0.2) is 0 Å². The van der Waals surface area contributed by atoms with Crippen molar-refractivity contribution in [2.75, 3.05) is 0 Å². The van der Waals surface area contributed by atoms with Crippen LogP contribution in [0, 0.1) is 0 Å². The van der Waals surface area contributed by atoms with E-state index in [1.165, 1.54) is 5.56 Å². The van der Waals surface area contributed by atoms with Gasteiger partial charge in [0.15, 0.2) is 0 Å². The lowest BCUT2D eigenvalue weighted by atomic mass is 9.81. The molecule has 2 aromatic rings. The molecule has 0 aliphatic carbocycles. The van der Waals surface area contributed by atoms with Crippen molar-refractivity contribution in [2.24, 2.45) is 5.73 Å². The summed E-state index contributed by atoms with van der Waals surface area (Å²) in [6, 6.07) is 16.7. The van der Waals surface area contributed by atoms with Gasteiger partial charge in [-0.1, -0.05) is 79.2 Å². The molecule has 1 nitrogen and oxygen atoms in total. The lowest BCUT2D eigenvalue weighted by molar-refractivity contribution is 0.506. The average Bonchev–Trinajstić information content (AvgIpc) is 2.47. The van der Waals surface area contributed by atoms with E-state index >= 15 is 0 Å². The fourth-order valence-corrected chi connectivity index (χ4v) is 2.78. The Labute approximate surface area is 130 Å². The Bertz CT molecular complexity index is 572. The summed E-state index contributed by atoms with van der Waals surface area (Å²) in [7, 11) is 0. The molecule has 20 heavy (non-hydrogen) atoms. The third-order valence-electron chi connectivity index (χ3n) is 4.18. The Hall–Kier alpha value is -1.12. The third kappa shape index (κ3) is 3.13. The van der Waals surface area contributed by atoms with E-state index in [9.17, 15) is 0 Å². The Morgan fingerprint density at radius 3 is 2.20 bits per heavy atom. The molecular weight excluding hydrogens is 310 g/mol. The molecule has 1 atom stereocenters. The second kappa shape index (κ2) is 6.11. The molecule has 0 amide bonds. The minimum Gasteiger partial charge on any atom is -0.320 e. The van der Waals surface area contributed by atoms with Crippen LogP contribution in [0.15, 0.2) is 53.0 Å². The number of halogens is 1. The fraction of sp³-hybridized carbons (Fsp3) is 0.333. The maximum Gasteiger partial charge on any atom is 0.0562 e. The molecule has 0 aliphatic rings. The summed E-state index contributed by atoms with van der Waals surface area (Å²) in [5, 5.41) is 0. The number of rotatable bonds is 4. The van der Waals surface area contributed by atoms with Crippen LogP contribution < -0.4 is 5.73 Å². The van der Waals surface area contributed by atoms with E-state index in [0.29, 0.717) is 0 Å². The van der Waals surface area contributed by atoms with E-state index in [0.717, 1.165) is 22.0 Å². The molecule has 0 radical (unpaired) electrons. The van der Waals surface area contributed by atoms with Gasteiger partial charge in [0.25, 0.3) is 0 Å². The van der Waals surface area contributed by atoms with Crippen molar-refractivity contribution in [2.45, 2.75) is 38.6 Å². The largest absolute Gasteiger partial charge is 0.320 e. The quantitative estimate of drug-likeness (QED) is 0.820. The van der Waals surface area contributed by atoms with Gasteiger partial charge in [0.05, 0.1) is 6.04 Å². The van der Waals surface area contributed by atoms with Gasteiger partial charge in [0, 0.05) is 4.47 Å². The van der Waals surface area contributed by atoms with E-state index in [2.05, 4.69) is 67.0 Å². The van der Waals surface area contributed by atoms with Gasteiger partial charge in [0.2, 0.25) is 0 Å². The molecule has 0 saturated carbocycles. The SMILES string of the molecule is CCC(C)(C)c1ccc(C(N)c2ccccc2Br)cc1. The first-order chi connectivity index (χ1) is 9.45. The highest BCUT2D eigenvalue weighted by Gasteiger charge is 2.18. The highest BCUT2D eigenvalue weighted by atomic mass is 79.9. The highest BCUT2D eigenvalue weighted by Crippen LogP contribution is 2.30. The molecule has 0 saturated heterocycles. The average molecular weight is 332 g/mol. The van der Waals surface area contributed by atoms with Crippen LogP contribution in [-0.2, 0) is 5.41 Å². The van der Waals surface area contributed by atoms with Gasteiger partial charge < -0.3 is 5.73 Å². The summed E-state index contributed by atoms with van der Waals surface area (Å²) in [5.74, 6) is 0. The normalized spacial score (nSPS) is 13.2. The van der Waals surface area contributed by atoms with E-state index < -0.39 is 0 Å². The smallest absolute Gasteiger partial charge is 0.0562 e. The van der Waals surface area contributed by atoms with E-state index in [-0.39, 0.29) is 11.5 Å². The molecule has 2 heteroatoms. The van der Waals surface area contributed by atoms with Gasteiger partial charge in [-0.2, -0.15) is 0 Å². The molecule has 2 rings (SSSR count). The van der Waals surface area contributed by atoms with Gasteiger partial charge in [-0.3, -0.25) is 0 Å². The summed E-state index contributed by atoms with van der Waals surface area (Å²) < 4.78 is 1.06. The first-order valence-corrected chi connectivity index (χ1v) is 7.85. The van der Waals surface area contributed by atoms with Crippen LogP contribution in [0.1, 0.15) is 49.9 Å². The van der Waals surface area contributed by atoms with Crippen molar-refractivity contribution in [3.05, 3.63) is 69.7 Å². The molecule has 2 aromatic carbocycles. The Kier molecular flexibility index (Phi) is 4.66. The van der Waals surface area contributed by atoms with Crippen LogP contribution in [0.5, 0.6) is 0 Å². The van der Waals surface area contributed by atoms with Gasteiger partial charge in [-0.05, 0) is 34.6 Å². The Morgan fingerprint density at radius 2 is 1.65 bits per heavy atom. The first kappa shape index (κ1) is 15.3. The van der Waals surface area contributed by atoms with Gasteiger partial charge in [-0.15, -0.1) is 0 Å². The molecule has 0 spiro atoms. The van der Waals surface area contributed by atoms with Crippen molar-refractivity contribution in [1.82, 2.24) is 0 Å². The summed E-state index contributed by atoms with van der Waals surface area (Å²) in [4.78, 5) is 0. The molecule has 106 valence electrons. The van der Waals surface area contributed by atoms with Crippen LogP contribution in [0.2, 0.25) is 0 Å². The van der Waals surface area contributed by atoms with Crippen LogP contribution in [0.3, 0.4) is 0 Å². The molecule has 0 bridgehead atoms. The number of hydrogen-bond acceptors (Lipinski definition) is 1. The topological polar surface area (TPSA) is 26.0 Å². The standard InChI is InChI=1S/C18H22BrN/c1-4-18(2,3)14-11-9-13(10-12-14)17(20)15-7-5-6-8-16(15)19/h5-12,17H,4,20H2,1-3H3. The molecule has 0 heterocycles. The van der Waals surface area contributed by atoms with Crippen molar-refractivity contribution < 1.29 is 0 Å². The summed E-state index contributed by atoms with van der Waals surface area (Å²) in [5.41, 5.74) is 10.2. The van der Waals surface area contributed by atoms with E-state index in [1.54, 1.807) is 0 Å². The van der Waals surface area contributed by atoms with Crippen molar-refractivity contribution in [3.8, 4) is 0 Å². The monoisotopic (exact) mass is 331 g/mol. The van der Waals surface area contributed by atoms with Crippen molar-refractivity contribution in [3.63, 3.8) is 0 Å². The number of benzene rings is 2. The van der Waals surface area contributed by atoms with Crippen LogP contribution >= 0.6 is 15.9 Å². The van der Waals surface area contributed by atoms with Crippen molar-refractivity contribution in [1.29, 1.82) is 0 Å². The molecule has 0 fully saturated rings. The van der Waals surface area contributed by atoms with Gasteiger partial charge in [-0.25, -0.2) is 0 Å². The second-order valence-electron chi connectivity index (χ2n) is 5.86. The maximum atomic E-state index is 6.38. The summed E-state index contributed by atoms with van der Waals surface area (Å²) >= 11 is 3.57. The predicted octanol–water partition coefficient (Wildman–Crippen LogP) is 5.18. The van der Waals surface area contributed by atoms with Crippen LogP contribution in [0.25, 0.3) is 0 Å². The minimum absolute atomic E-state index is 0.0932. The molecule has 2 N–H and O–H groups in total. The van der Waals surface area contributed by atoms with Crippen molar-refractivity contribution >= 4 is 15.9 Å². The second-order valence-corrected chi connectivity index (χ2v) is 6.71. The zero-order valence-corrected chi connectivity index (χ0v) is 13.9. The summed E-state index contributed by atoms with van der Waals surface area (Å²) in [6.45, 7) is 6.77. The summed E-state index contributed by atoms with van der Waals surface area (Å²) in [6.07, 6.45) is 1.13. The molecule has 0 aromatic heterocycles. The lowest BCUT2D eigenvalue weighted by Crippen LogP contribution is -2.16. The Morgan fingerprint density at radius 1 is 1.05 bits per heavy atom. The molecular formula is C18H22BrN. The van der Waals surface area contributed by atoms with E-state index in [1.807, 2.05) is 18.2 Å². The zero-order chi connectivity index (χ0) is 14.8. The van der Waals surface area contributed by atoms with Crippen LogP contribution in [0.4, 0.5) is 0 Å². The Balaban J connectivity index is 2.29. The zero-order valence-electron chi connectivity index (χ0n) is 12.4. The third-order valence-corrected chi connectivity index (χ3v) is 4.90. The number of nitrogens with two attached hydrogens (primary N) is 1. The first-order valence-electron chi connectivity index (χ1n) is 7.06. The lowest BCUT2D eigenvalue weighted by Gasteiger charge is -2.24. The van der Waals surface area contributed by atoms with E-state index in [4.69, 9.17) is 5.73 Å².